The van der Waals surface area contributed by atoms with E-state index in [-0.39, 0.29) is 24.6 Å². The molecule has 0 spiro atoms. The van der Waals surface area contributed by atoms with Gasteiger partial charge in [0.1, 0.15) is 23.7 Å². The third kappa shape index (κ3) is 3.49. The van der Waals surface area contributed by atoms with Crippen molar-refractivity contribution in [1.29, 1.82) is 0 Å². The van der Waals surface area contributed by atoms with Crippen molar-refractivity contribution < 1.29 is 27.2 Å². The maximum atomic E-state index is 13.2. The number of nitrogens with zero attached hydrogens (tertiary/aromatic N) is 2. The summed E-state index contributed by atoms with van der Waals surface area (Å²) < 4.78 is 57.8. The minimum absolute atomic E-state index is 0.0214. The summed E-state index contributed by atoms with van der Waals surface area (Å²) in [7, 11) is 0. The van der Waals surface area contributed by atoms with E-state index in [0.29, 0.717) is 12.1 Å². The molecule has 0 unspecified atom stereocenters. The van der Waals surface area contributed by atoms with Crippen molar-refractivity contribution in [3.8, 4) is 5.75 Å². The Bertz CT molecular complexity index is 806. The number of nitro benzene ring substituents is 1. The molecule has 2 aromatic carbocycles. The maximum Gasteiger partial charge on any atom is 0.423 e. The second kappa shape index (κ2) is 6.23. The van der Waals surface area contributed by atoms with E-state index in [9.17, 15) is 27.7 Å². The Morgan fingerprint density at radius 3 is 2.48 bits per heavy atom. The van der Waals surface area contributed by atoms with Crippen LogP contribution in [-0.2, 0) is 12.7 Å². The molecule has 3 rings (SSSR count). The summed E-state index contributed by atoms with van der Waals surface area (Å²) in [6.45, 7) is 0.710. The van der Waals surface area contributed by atoms with Crippen LogP contribution in [0, 0.1) is 15.9 Å². The lowest BCUT2D eigenvalue weighted by atomic mass is 10.1. The van der Waals surface area contributed by atoms with Gasteiger partial charge in [0.25, 0.3) is 5.69 Å². The van der Waals surface area contributed by atoms with Crippen molar-refractivity contribution in [2.75, 3.05) is 18.1 Å². The van der Waals surface area contributed by atoms with Crippen molar-refractivity contribution in [2.24, 2.45) is 0 Å². The van der Waals surface area contributed by atoms with E-state index < -0.39 is 28.2 Å². The fraction of sp³-hybridized carbons (Fsp3) is 0.250. The molecule has 0 N–H and O–H groups in total. The van der Waals surface area contributed by atoms with Gasteiger partial charge in [-0.1, -0.05) is 12.1 Å². The highest BCUT2D eigenvalue weighted by Gasteiger charge is 2.40. The number of hydrogen-bond acceptors (Lipinski definition) is 4. The summed E-state index contributed by atoms with van der Waals surface area (Å²) in [5.41, 5.74) is -1.56. The van der Waals surface area contributed by atoms with Crippen LogP contribution in [0.1, 0.15) is 11.1 Å². The molecule has 9 heteroatoms. The maximum absolute atomic E-state index is 13.2. The minimum atomic E-state index is -4.86. The zero-order chi connectivity index (χ0) is 18.2. The largest absolute Gasteiger partial charge is 0.489 e. The van der Waals surface area contributed by atoms with E-state index in [1.165, 1.54) is 24.3 Å². The van der Waals surface area contributed by atoms with Crippen LogP contribution >= 0.6 is 0 Å². The van der Waals surface area contributed by atoms with E-state index in [1.54, 1.807) is 4.90 Å². The summed E-state index contributed by atoms with van der Waals surface area (Å²) in [6, 6.07) is 7.10. The Morgan fingerprint density at radius 2 is 1.88 bits per heavy atom. The number of rotatable bonds is 3. The molecule has 1 aliphatic heterocycles. The minimum Gasteiger partial charge on any atom is -0.489 e. The average molecular weight is 356 g/mol. The summed E-state index contributed by atoms with van der Waals surface area (Å²) in [6.07, 6.45) is -4.86. The van der Waals surface area contributed by atoms with E-state index in [1.807, 2.05) is 0 Å². The summed E-state index contributed by atoms with van der Waals surface area (Å²) in [5, 5.41) is 11.0. The number of alkyl halides is 3. The normalized spacial score (nSPS) is 14.0. The van der Waals surface area contributed by atoms with Gasteiger partial charge in [0.2, 0.25) is 0 Å². The monoisotopic (exact) mass is 356 g/mol. The Labute approximate surface area is 139 Å². The zero-order valence-electron chi connectivity index (χ0n) is 12.7. The van der Waals surface area contributed by atoms with Crippen LogP contribution < -0.4 is 9.64 Å². The van der Waals surface area contributed by atoms with Crippen molar-refractivity contribution >= 4 is 11.4 Å². The molecule has 0 atom stereocenters. The van der Waals surface area contributed by atoms with Crippen LogP contribution in [0.2, 0.25) is 0 Å². The molecule has 1 aliphatic rings. The van der Waals surface area contributed by atoms with Crippen LogP contribution in [0.5, 0.6) is 5.75 Å². The molecule has 0 aliphatic carbocycles. The molecule has 0 radical (unpaired) electrons. The summed E-state index contributed by atoms with van der Waals surface area (Å²) >= 11 is 0. The third-order valence-electron chi connectivity index (χ3n) is 3.83. The van der Waals surface area contributed by atoms with Gasteiger partial charge < -0.3 is 9.64 Å². The number of halogens is 4. The second-order valence-electron chi connectivity index (χ2n) is 5.49. The molecule has 0 saturated carbocycles. The number of ether oxygens (including phenoxy) is 1. The Hall–Kier alpha value is -2.84. The SMILES string of the molecule is O=[N+]([O-])c1cc2c(cc1C(F)(F)F)N(Cc1ccc(F)cc1)CCO2. The Balaban J connectivity index is 2.02. The number of nitro groups is 1. The van der Waals surface area contributed by atoms with Crippen molar-refractivity contribution in [1.82, 2.24) is 0 Å². The first-order chi connectivity index (χ1) is 11.8. The van der Waals surface area contributed by atoms with Crippen LogP contribution in [-0.4, -0.2) is 18.1 Å². The average Bonchev–Trinajstić information content (AvgIpc) is 2.55. The molecule has 25 heavy (non-hydrogen) atoms. The molecule has 5 nitrogen and oxygen atoms in total. The highest BCUT2D eigenvalue weighted by molar-refractivity contribution is 5.67. The molecule has 2 aromatic rings. The van der Waals surface area contributed by atoms with Crippen LogP contribution in [0.3, 0.4) is 0 Å². The van der Waals surface area contributed by atoms with Gasteiger partial charge in [-0.25, -0.2) is 4.39 Å². The van der Waals surface area contributed by atoms with E-state index >= 15 is 0 Å². The van der Waals surface area contributed by atoms with Crippen LogP contribution in [0.15, 0.2) is 36.4 Å². The lowest BCUT2D eigenvalue weighted by molar-refractivity contribution is -0.388. The summed E-state index contributed by atoms with van der Waals surface area (Å²) in [5.74, 6) is -0.394. The first-order valence-electron chi connectivity index (χ1n) is 7.27. The van der Waals surface area contributed by atoms with Gasteiger partial charge in [-0.2, -0.15) is 13.2 Å². The molecular formula is C16H12F4N2O3. The van der Waals surface area contributed by atoms with Crippen molar-refractivity contribution in [3.05, 3.63) is 63.5 Å². The molecule has 132 valence electrons. The van der Waals surface area contributed by atoms with Gasteiger partial charge in [-0.05, 0) is 23.8 Å². The number of anilines is 1. The predicted molar refractivity (Wildman–Crippen MR) is 81.0 cm³/mol. The van der Waals surface area contributed by atoms with E-state index in [2.05, 4.69) is 0 Å². The number of benzene rings is 2. The molecule has 0 fully saturated rings. The lowest BCUT2D eigenvalue weighted by Crippen LogP contribution is -2.32. The Morgan fingerprint density at radius 1 is 1.20 bits per heavy atom. The van der Waals surface area contributed by atoms with Crippen LogP contribution in [0.25, 0.3) is 0 Å². The predicted octanol–water partition coefficient (Wildman–Crippen LogP) is 4.15. The summed E-state index contributed by atoms with van der Waals surface area (Å²) in [4.78, 5) is 11.5. The fourth-order valence-corrected chi connectivity index (χ4v) is 2.66. The molecule has 0 aromatic heterocycles. The van der Waals surface area contributed by atoms with Gasteiger partial charge in [0.15, 0.2) is 0 Å². The van der Waals surface area contributed by atoms with E-state index in [0.717, 1.165) is 12.1 Å². The van der Waals surface area contributed by atoms with Gasteiger partial charge >= 0.3 is 6.18 Å². The number of hydrogen-bond donors (Lipinski definition) is 0. The third-order valence-corrected chi connectivity index (χ3v) is 3.83. The first kappa shape index (κ1) is 17.0. The molecule has 0 amide bonds. The molecule has 0 bridgehead atoms. The molecule has 0 saturated heterocycles. The van der Waals surface area contributed by atoms with Gasteiger partial charge in [0.05, 0.1) is 23.2 Å². The first-order valence-corrected chi connectivity index (χ1v) is 7.27. The van der Waals surface area contributed by atoms with Gasteiger partial charge in [0, 0.05) is 6.54 Å². The standard InChI is InChI=1S/C16H12F4N2O3/c17-11-3-1-10(2-4-11)9-21-5-6-25-15-8-13(22(23)24)12(7-14(15)21)16(18,19)20/h1-4,7-8H,5-6,9H2. The van der Waals surface area contributed by atoms with Crippen molar-refractivity contribution in [3.63, 3.8) is 0 Å². The fourth-order valence-electron chi connectivity index (χ4n) is 2.66. The lowest BCUT2D eigenvalue weighted by Gasteiger charge is -2.31. The highest BCUT2D eigenvalue weighted by Crippen LogP contribution is 2.44. The quantitative estimate of drug-likeness (QED) is 0.471. The topological polar surface area (TPSA) is 55.6 Å². The van der Waals surface area contributed by atoms with Gasteiger partial charge in [-0.3, -0.25) is 10.1 Å². The van der Waals surface area contributed by atoms with Crippen molar-refractivity contribution in [2.45, 2.75) is 12.7 Å². The zero-order valence-corrected chi connectivity index (χ0v) is 12.7. The highest BCUT2D eigenvalue weighted by atomic mass is 19.4. The van der Waals surface area contributed by atoms with E-state index in [4.69, 9.17) is 4.74 Å². The number of fused-ring (bicyclic) bond motifs is 1. The molecule has 1 heterocycles. The van der Waals surface area contributed by atoms with Crippen LogP contribution in [0.4, 0.5) is 28.9 Å². The Kier molecular flexibility index (Phi) is 4.23. The van der Waals surface area contributed by atoms with Gasteiger partial charge in [-0.15, -0.1) is 0 Å². The second-order valence-corrected chi connectivity index (χ2v) is 5.49. The smallest absolute Gasteiger partial charge is 0.423 e. The molecular weight excluding hydrogens is 344 g/mol.